The minimum atomic E-state index is -3.72. The molecule has 1 amide bonds. The van der Waals surface area contributed by atoms with Crippen LogP contribution in [0.1, 0.15) is 31.7 Å². The third kappa shape index (κ3) is 4.88. The number of aromatic nitrogens is 1. The first-order valence-electron chi connectivity index (χ1n) is 11.4. The minimum Gasteiger partial charge on any atom is -0.496 e. The summed E-state index contributed by atoms with van der Waals surface area (Å²) in [7, 11) is -2.13. The van der Waals surface area contributed by atoms with Gasteiger partial charge >= 0.3 is 5.76 Å². The Bertz CT molecular complexity index is 1340. The summed E-state index contributed by atoms with van der Waals surface area (Å²) in [4.78, 5) is 24.5. The predicted octanol–water partition coefficient (Wildman–Crippen LogP) is 2.73. The van der Waals surface area contributed by atoms with Crippen molar-refractivity contribution in [1.82, 2.24) is 14.2 Å². The highest BCUT2D eigenvalue weighted by molar-refractivity contribution is 7.89. The number of amides is 1. The van der Waals surface area contributed by atoms with Crippen LogP contribution in [-0.2, 0) is 27.9 Å². The van der Waals surface area contributed by atoms with Gasteiger partial charge in [-0.05, 0) is 43.9 Å². The van der Waals surface area contributed by atoms with Gasteiger partial charge in [0, 0.05) is 44.2 Å². The maximum absolute atomic E-state index is 13.1. The fraction of sp³-hybridized carbons (Fsp3) is 0.417. The van der Waals surface area contributed by atoms with E-state index in [0.29, 0.717) is 51.0 Å². The maximum Gasteiger partial charge on any atom is 0.419 e. The predicted molar refractivity (Wildman–Crippen MR) is 127 cm³/mol. The van der Waals surface area contributed by atoms with Crippen LogP contribution in [0.2, 0.25) is 0 Å². The molecule has 1 aromatic heterocycles. The van der Waals surface area contributed by atoms with Crippen LogP contribution in [0.5, 0.6) is 5.75 Å². The van der Waals surface area contributed by atoms with Crippen LogP contribution in [0.25, 0.3) is 11.1 Å². The third-order valence-corrected chi connectivity index (χ3v) is 8.20. The molecule has 3 aromatic rings. The molecule has 0 saturated carbocycles. The summed E-state index contributed by atoms with van der Waals surface area (Å²) in [6.07, 6.45) is 1.56. The zero-order valence-corrected chi connectivity index (χ0v) is 20.1. The number of carbonyl (C=O) groups excluding carboxylic acids is 1. The molecule has 182 valence electrons. The van der Waals surface area contributed by atoms with Gasteiger partial charge in [0.1, 0.15) is 5.75 Å². The third-order valence-electron chi connectivity index (χ3n) is 6.31. The van der Waals surface area contributed by atoms with Gasteiger partial charge in [0.05, 0.1) is 17.5 Å². The first kappa shape index (κ1) is 24.0. The topological polar surface area (TPSA) is 111 Å². The van der Waals surface area contributed by atoms with Gasteiger partial charge in [-0.2, -0.15) is 4.31 Å². The summed E-state index contributed by atoms with van der Waals surface area (Å²) >= 11 is 0. The summed E-state index contributed by atoms with van der Waals surface area (Å²) in [5.74, 6) is 0.276. The number of ether oxygens (including phenoxy) is 1. The van der Waals surface area contributed by atoms with Crippen LogP contribution in [0.15, 0.2) is 56.6 Å². The van der Waals surface area contributed by atoms with Gasteiger partial charge in [0.15, 0.2) is 5.58 Å². The largest absolute Gasteiger partial charge is 0.496 e. The van der Waals surface area contributed by atoms with Gasteiger partial charge < -0.3 is 14.5 Å². The van der Waals surface area contributed by atoms with Crippen LogP contribution in [0.3, 0.4) is 0 Å². The van der Waals surface area contributed by atoms with Gasteiger partial charge in [-0.15, -0.1) is 0 Å². The summed E-state index contributed by atoms with van der Waals surface area (Å²) < 4.78 is 39.7. The van der Waals surface area contributed by atoms with E-state index in [9.17, 15) is 18.0 Å². The number of fused-ring (bicyclic) bond motifs is 1. The van der Waals surface area contributed by atoms with Gasteiger partial charge in [-0.25, -0.2) is 13.2 Å². The van der Waals surface area contributed by atoms with E-state index < -0.39 is 15.8 Å². The molecular weight excluding hydrogens is 458 g/mol. The van der Waals surface area contributed by atoms with E-state index in [1.807, 2.05) is 31.2 Å². The molecule has 0 bridgehead atoms. The quantitative estimate of drug-likeness (QED) is 0.523. The molecule has 1 fully saturated rings. The number of nitrogens with zero attached hydrogens (tertiary/aromatic N) is 2. The molecule has 2 aromatic carbocycles. The van der Waals surface area contributed by atoms with Crippen LogP contribution >= 0.6 is 0 Å². The second kappa shape index (κ2) is 10.0. The number of carbonyl (C=O) groups is 1. The smallest absolute Gasteiger partial charge is 0.419 e. The number of aryl methyl sites for hydroxylation is 1. The average molecular weight is 488 g/mol. The van der Waals surface area contributed by atoms with Crippen molar-refractivity contribution in [3.05, 3.63) is 58.6 Å². The number of hydrogen-bond donors (Lipinski definition) is 1. The molecule has 2 heterocycles. The Balaban J connectivity index is 1.34. The number of methoxy groups -OCH3 is 1. The van der Waals surface area contributed by atoms with Crippen LogP contribution < -0.4 is 15.8 Å². The normalized spacial score (nSPS) is 15.5. The molecule has 0 radical (unpaired) electrons. The molecule has 0 atom stereocenters. The molecule has 1 aliphatic rings. The molecule has 34 heavy (non-hydrogen) atoms. The Morgan fingerprint density at radius 2 is 1.91 bits per heavy atom. The van der Waals surface area contributed by atoms with Gasteiger partial charge in [-0.1, -0.05) is 18.2 Å². The lowest BCUT2D eigenvalue weighted by Crippen LogP contribution is -2.39. The molecule has 0 aliphatic carbocycles. The van der Waals surface area contributed by atoms with E-state index >= 15 is 0 Å². The average Bonchev–Trinajstić information content (AvgIpc) is 3.17. The minimum absolute atomic E-state index is 0.0619. The van der Waals surface area contributed by atoms with E-state index in [0.717, 1.165) is 11.3 Å². The van der Waals surface area contributed by atoms with Crippen LogP contribution in [0.4, 0.5) is 0 Å². The van der Waals surface area contributed by atoms with Gasteiger partial charge in [0.2, 0.25) is 15.9 Å². The summed E-state index contributed by atoms with van der Waals surface area (Å²) in [5.41, 5.74) is 1.74. The molecule has 0 unspecified atom stereocenters. The summed E-state index contributed by atoms with van der Waals surface area (Å²) in [5, 5.41) is 2.93. The Labute approximate surface area is 198 Å². The fourth-order valence-electron chi connectivity index (χ4n) is 4.39. The lowest BCUT2D eigenvalue weighted by molar-refractivity contribution is -0.122. The highest BCUT2D eigenvalue weighted by atomic mass is 32.2. The molecule has 1 N–H and O–H groups in total. The molecule has 4 rings (SSSR count). The monoisotopic (exact) mass is 487 g/mol. The molecule has 0 spiro atoms. The van der Waals surface area contributed by atoms with Gasteiger partial charge in [-0.3, -0.25) is 9.36 Å². The Morgan fingerprint density at radius 1 is 1.18 bits per heavy atom. The van der Waals surface area contributed by atoms with Gasteiger partial charge in [0.25, 0.3) is 0 Å². The first-order chi connectivity index (χ1) is 16.3. The van der Waals surface area contributed by atoms with E-state index in [4.69, 9.17) is 9.15 Å². The van der Waals surface area contributed by atoms with Crippen molar-refractivity contribution in [2.24, 2.45) is 5.92 Å². The Kier molecular flexibility index (Phi) is 7.08. The molecule has 10 heteroatoms. The molecular formula is C24H29N3O6S. The number of oxazole rings is 1. The van der Waals surface area contributed by atoms with E-state index in [1.165, 1.54) is 21.0 Å². The van der Waals surface area contributed by atoms with Crippen molar-refractivity contribution >= 4 is 27.0 Å². The second-order valence-electron chi connectivity index (χ2n) is 8.38. The van der Waals surface area contributed by atoms with E-state index in [-0.39, 0.29) is 22.3 Å². The number of nitrogens with one attached hydrogen (secondary N) is 1. The molecule has 1 saturated heterocycles. The number of para-hydroxylation sites is 1. The van der Waals surface area contributed by atoms with Crippen molar-refractivity contribution in [2.45, 2.75) is 44.2 Å². The number of sulfonamides is 1. The SMILES string of the molecule is CCn1c(=O)oc2cc(S(=O)(=O)N3CCC(CC(=O)NCc4ccccc4OC)CC3)ccc21. The number of rotatable bonds is 8. The number of hydrogen-bond acceptors (Lipinski definition) is 6. The van der Waals surface area contributed by atoms with Crippen molar-refractivity contribution in [2.75, 3.05) is 20.2 Å². The zero-order valence-electron chi connectivity index (χ0n) is 19.3. The van der Waals surface area contributed by atoms with Crippen molar-refractivity contribution in [3.8, 4) is 5.75 Å². The van der Waals surface area contributed by atoms with Crippen molar-refractivity contribution < 1.29 is 22.4 Å². The first-order valence-corrected chi connectivity index (χ1v) is 12.8. The number of piperidine rings is 1. The Morgan fingerprint density at radius 3 is 2.62 bits per heavy atom. The molecule has 9 nitrogen and oxygen atoms in total. The standard InChI is InChI=1S/C24H29N3O6S/c1-3-27-20-9-8-19(15-22(20)33-24(27)29)34(30,31)26-12-10-17(11-13-26)14-23(28)25-16-18-6-4-5-7-21(18)32-2/h4-9,15,17H,3,10-14,16H2,1-2H3,(H,25,28). The lowest BCUT2D eigenvalue weighted by atomic mass is 9.94. The van der Waals surface area contributed by atoms with Crippen molar-refractivity contribution in [1.29, 1.82) is 0 Å². The van der Waals surface area contributed by atoms with Crippen molar-refractivity contribution in [3.63, 3.8) is 0 Å². The number of benzene rings is 2. The lowest BCUT2D eigenvalue weighted by Gasteiger charge is -2.31. The highest BCUT2D eigenvalue weighted by Crippen LogP contribution is 2.27. The summed E-state index contributed by atoms with van der Waals surface area (Å²) in [6, 6.07) is 12.1. The fourth-order valence-corrected chi connectivity index (χ4v) is 5.87. The zero-order chi connectivity index (χ0) is 24.3. The Hall–Kier alpha value is -3.11. The second-order valence-corrected chi connectivity index (χ2v) is 10.3. The van der Waals surface area contributed by atoms with E-state index in [1.54, 1.807) is 13.2 Å². The van der Waals surface area contributed by atoms with E-state index in [2.05, 4.69) is 5.32 Å². The summed E-state index contributed by atoms with van der Waals surface area (Å²) in [6.45, 7) is 3.33. The van der Waals surface area contributed by atoms with Crippen LogP contribution in [-0.4, -0.2) is 43.4 Å². The molecule has 1 aliphatic heterocycles. The maximum atomic E-state index is 13.1. The highest BCUT2D eigenvalue weighted by Gasteiger charge is 2.30. The van der Waals surface area contributed by atoms with Crippen LogP contribution in [0, 0.1) is 5.92 Å².